The van der Waals surface area contributed by atoms with Gasteiger partial charge in [0.05, 0.1) is 13.2 Å². The number of anilines is 1. The molecule has 0 radical (unpaired) electrons. The number of ketones is 1. The van der Waals surface area contributed by atoms with Gasteiger partial charge >= 0.3 is 0 Å². The van der Waals surface area contributed by atoms with Crippen molar-refractivity contribution < 1.29 is 14.3 Å². The van der Waals surface area contributed by atoms with Gasteiger partial charge in [-0.2, -0.15) is 0 Å². The van der Waals surface area contributed by atoms with Crippen molar-refractivity contribution in [3.05, 3.63) is 10.6 Å². The largest absolute Gasteiger partial charge is 0.380 e. The van der Waals surface area contributed by atoms with Crippen molar-refractivity contribution >= 4 is 22.3 Å². The monoisotopic (exact) mass is 312 g/mol. The first-order valence-electron chi connectivity index (χ1n) is 7.69. The number of aryl methyl sites for hydroxylation is 1. The van der Waals surface area contributed by atoms with Crippen LogP contribution in [0.15, 0.2) is 0 Å². The Labute approximate surface area is 130 Å². The summed E-state index contributed by atoms with van der Waals surface area (Å²) >= 11 is 1.65. The molecule has 2 rings (SSSR count). The van der Waals surface area contributed by atoms with Crippen molar-refractivity contribution in [1.82, 2.24) is 4.98 Å². The second kappa shape index (κ2) is 8.46. The van der Waals surface area contributed by atoms with E-state index in [1.165, 1.54) is 0 Å². The molecule has 118 valence electrons. The van der Waals surface area contributed by atoms with E-state index in [4.69, 9.17) is 9.47 Å². The summed E-state index contributed by atoms with van der Waals surface area (Å²) in [6, 6.07) is 0. The van der Waals surface area contributed by atoms with E-state index < -0.39 is 0 Å². The number of fused-ring (bicyclic) bond motifs is 1. The molecule has 0 atom stereocenters. The molecule has 1 aliphatic rings. The van der Waals surface area contributed by atoms with E-state index >= 15 is 0 Å². The van der Waals surface area contributed by atoms with Gasteiger partial charge in [0.2, 0.25) is 0 Å². The molecule has 0 saturated heterocycles. The molecule has 0 aromatic carbocycles. The van der Waals surface area contributed by atoms with Crippen molar-refractivity contribution in [2.24, 2.45) is 0 Å². The topological polar surface area (TPSA) is 51.7 Å². The highest BCUT2D eigenvalue weighted by molar-refractivity contribution is 7.16. The van der Waals surface area contributed by atoms with Gasteiger partial charge in [0.25, 0.3) is 0 Å². The fraction of sp³-hybridized carbons (Fsp3) is 0.733. The van der Waals surface area contributed by atoms with Crippen LogP contribution in [-0.2, 0) is 15.9 Å². The number of ether oxygens (including phenoxy) is 2. The standard InChI is InChI=1S/C15H24N2O3S/c1-3-19-10-8-17(9-11-20-4-2)15-16-14-12(18)6-5-7-13(14)21-15/h3-11H2,1-2H3. The molecule has 1 aliphatic carbocycles. The van der Waals surface area contributed by atoms with Gasteiger partial charge in [-0.05, 0) is 26.7 Å². The van der Waals surface area contributed by atoms with Gasteiger partial charge in [-0.1, -0.05) is 0 Å². The van der Waals surface area contributed by atoms with Crippen molar-refractivity contribution in [3.63, 3.8) is 0 Å². The molecule has 0 aliphatic heterocycles. The van der Waals surface area contributed by atoms with Crippen molar-refractivity contribution in [1.29, 1.82) is 0 Å². The Morgan fingerprint density at radius 1 is 1.14 bits per heavy atom. The Kier molecular flexibility index (Phi) is 6.60. The molecular formula is C15H24N2O3S. The van der Waals surface area contributed by atoms with Gasteiger partial charge in [0, 0.05) is 37.6 Å². The van der Waals surface area contributed by atoms with Crippen molar-refractivity contribution in [2.75, 3.05) is 44.4 Å². The van der Waals surface area contributed by atoms with Crippen LogP contribution in [-0.4, -0.2) is 50.3 Å². The number of carbonyl (C=O) groups excluding carboxylic acids is 1. The summed E-state index contributed by atoms with van der Waals surface area (Å²) in [6.07, 6.45) is 2.56. The molecule has 0 amide bonds. The third kappa shape index (κ3) is 4.49. The van der Waals surface area contributed by atoms with Crippen LogP contribution in [0.2, 0.25) is 0 Å². The Hall–Kier alpha value is -0.980. The quantitative estimate of drug-likeness (QED) is 0.656. The molecule has 21 heavy (non-hydrogen) atoms. The summed E-state index contributed by atoms with van der Waals surface area (Å²) < 4.78 is 10.9. The van der Waals surface area contributed by atoms with Gasteiger partial charge in [0.15, 0.2) is 10.9 Å². The van der Waals surface area contributed by atoms with E-state index in [9.17, 15) is 4.79 Å². The second-order valence-corrected chi connectivity index (χ2v) is 5.99. The summed E-state index contributed by atoms with van der Waals surface area (Å²) in [6.45, 7) is 8.31. The van der Waals surface area contributed by atoms with E-state index in [0.29, 0.717) is 38.5 Å². The normalized spacial score (nSPS) is 14.3. The molecule has 0 fully saturated rings. The lowest BCUT2D eigenvalue weighted by Crippen LogP contribution is -2.31. The Balaban J connectivity index is 2.05. The van der Waals surface area contributed by atoms with Crippen LogP contribution < -0.4 is 4.90 Å². The lowest BCUT2D eigenvalue weighted by atomic mass is 10.0. The highest BCUT2D eigenvalue weighted by Crippen LogP contribution is 2.31. The smallest absolute Gasteiger partial charge is 0.186 e. The minimum absolute atomic E-state index is 0.188. The molecular weight excluding hydrogens is 288 g/mol. The minimum Gasteiger partial charge on any atom is -0.380 e. The van der Waals surface area contributed by atoms with E-state index in [2.05, 4.69) is 9.88 Å². The van der Waals surface area contributed by atoms with Crippen LogP contribution in [0.4, 0.5) is 5.13 Å². The number of thiazole rings is 1. The van der Waals surface area contributed by atoms with Crippen LogP contribution in [0.3, 0.4) is 0 Å². The second-order valence-electron chi connectivity index (χ2n) is 4.93. The molecule has 1 aromatic rings. The number of aromatic nitrogens is 1. The first kappa shape index (κ1) is 16.4. The molecule has 5 nitrogen and oxygen atoms in total. The molecule has 0 saturated carbocycles. The molecule has 0 spiro atoms. The summed E-state index contributed by atoms with van der Waals surface area (Å²) in [5.41, 5.74) is 0.694. The number of hydrogen-bond donors (Lipinski definition) is 0. The Morgan fingerprint density at radius 2 is 1.81 bits per heavy atom. The predicted molar refractivity (Wildman–Crippen MR) is 84.6 cm³/mol. The third-order valence-corrected chi connectivity index (χ3v) is 4.62. The van der Waals surface area contributed by atoms with Gasteiger partial charge in [0.1, 0.15) is 5.69 Å². The molecule has 1 aromatic heterocycles. The minimum atomic E-state index is 0.188. The Morgan fingerprint density at radius 3 is 2.38 bits per heavy atom. The van der Waals surface area contributed by atoms with Crippen LogP contribution >= 0.6 is 11.3 Å². The average molecular weight is 312 g/mol. The molecule has 0 unspecified atom stereocenters. The van der Waals surface area contributed by atoms with Crippen molar-refractivity contribution in [2.45, 2.75) is 33.1 Å². The fourth-order valence-corrected chi connectivity index (χ4v) is 3.50. The summed E-state index contributed by atoms with van der Waals surface area (Å²) in [7, 11) is 0. The van der Waals surface area contributed by atoms with Crippen LogP contribution in [0, 0.1) is 0 Å². The average Bonchev–Trinajstić information content (AvgIpc) is 2.91. The maximum Gasteiger partial charge on any atom is 0.186 e. The number of hydrogen-bond acceptors (Lipinski definition) is 6. The highest BCUT2D eigenvalue weighted by atomic mass is 32.1. The first-order valence-corrected chi connectivity index (χ1v) is 8.51. The zero-order valence-electron chi connectivity index (χ0n) is 12.9. The maximum absolute atomic E-state index is 11.9. The predicted octanol–water partition coefficient (Wildman–Crippen LogP) is 2.54. The van der Waals surface area contributed by atoms with E-state index in [1.807, 2.05) is 13.8 Å². The van der Waals surface area contributed by atoms with Gasteiger partial charge in [-0.25, -0.2) is 4.98 Å². The third-order valence-electron chi connectivity index (χ3n) is 3.45. The van der Waals surface area contributed by atoms with Gasteiger partial charge in [-0.15, -0.1) is 11.3 Å². The summed E-state index contributed by atoms with van der Waals surface area (Å²) in [5, 5.41) is 0.926. The lowest BCUT2D eigenvalue weighted by Gasteiger charge is -2.21. The molecule has 6 heteroatoms. The number of Topliss-reactive ketones (excluding diaryl/α,β-unsaturated/α-hetero) is 1. The zero-order valence-corrected chi connectivity index (χ0v) is 13.7. The number of rotatable bonds is 9. The van der Waals surface area contributed by atoms with Crippen LogP contribution in [0.5, 0.6) is 0 Å². The molecule has 1 heterocycles. The van der Waals surface area contributed by atoms with Gasteiger partial charge in [-0.3, -0.25) is 4.79 Å². The zero-order chi connectivity index (χ0) is 15.1. The summed E-state index contributed by atoms with van der Waals surface area (Å²) in [4.78, 5) is 19.8. The maximum atomic E-state index is 11.9. The van der Waals surface area contributed by atoms with E-state index in [0.717, 1.165) is 35.9 Å². The SMILES string of the molecule is CCOCCN(CCOCC)c1nc2c(s1)CCCC2=O. The van der Waals surface area contributed by atoms with E-state index in [-0.39, 0.29) is 5.78 Å². The van der Waals surface area contributed by atoms with Crippen LogP contribution in [0.25, 0.3) is 0 Å². The van der Waals surface area contributed by atoms with E-state index in [1.54, 1.807) is 11.3 Å². The summed E-state index contributed by atoms with van der Waals surface area (Å²) in [5.74, 6) is 0.188. The first-order chi connectivity index (χ1) is 10.3. The molecule has 0 bridgehead atoms. The fourth-order valence-electron chi connectivity index (χ4n) is 2.33. The number of nitrogens with zero attached hydrogens (tertiary/aromatic N) is 2. The molecule has 0 N–H and O–H groups in total. The van der Waals surface area contributed by atoms with Crippen LogP contribution in [0.1, 0.15) is 42.1 Å². The lowest BCUT2D eigenvalue weighted by molar-refractivity contribution is 0.0968. The van der Waals surface area contributed by atoms with Gasteiger partial charge < -0.3 is 14.4 Å². The Bertz CT molecular complexity index is 452. The van der Waals surface area contributed by atoms with Crippen molar-refractivity contribution in [3.8, 4) is 0 Å². The highest BCUT2D eigenvalue weighted by Gasteiger charge is 2.24. The number of carbonyl (C=O) groups is 1.